The van der Waals surface area contributed by atoms with E-state index in [2.05, 4.69) is 9.72 Å². The van der Waals surface area contributed by atoms with Crippen LogP contribution < -0.4 is 9.47 Å². The highest BCUT2D eigenvalue weighted by Gasteiger charge is 2.16. The van der Waals surface area contributed by atoms with Crippen LogP contribution in [0.3, 0.4) is 0 Å². The second kappa shape index (κ2) is 6.47. The van der Waals surface area contributed by atoms with E-state index in [0.717, 1.165) is 12.1 Å². The van der Waals surface area contributed by atoms with Crippen molar-refractivity contribution < 1.29 is 23.0 Å². The summed E-state index contributed by atoms with van der Waals surface area (Å²) in [5.41, 5.74) is 1.44. The minimum Gasteiger partial charge on any atom is -0.497 e. The average Bonchev–Trinajstić information content (AvgIpc) is 2.59. The summed E-state index contributed by atoms with van der Waals surface area (Å²) in [6.07, 6.45) is 0. The van der Waals surface area contributed by atoms with E-state index in [1.165, 1.54) is 27.2 Å². The summed E-state index contributed by atoms with van der Waals surface area (Å²) in [7, 11) is 2.72. The molecule has 1 aromatic heterocycles. The van der Waals surface area contributed by atoms with E-state index in [-0.39, 0.29) is 11.3 Å². The lowest BCUT2D eigenvalue weighted by atomic mass is 10.0. The van der Waals surface area contributed by atoms with Crippen molar-refractivity contribution in [3.05, 3.63) is 53.6 Å². The van der Waals surface area contributed by atoms with Crippen LogP contribution in [0.25, 0.3) is 22.2 Å². The normalized spacial score (nSPS) is 10.8. The number of methoxy groups -OCH3 is 2. The molecule has 0 aliphatic heterocycles. The Labute approximate surface area is 143 Å². The van der Waals surface area contributed by atoms with Crippen molar-refractivity contribution in [2.24, 2.45) is 0 Å². The Hall–Kier alpha value is -3.02. The number of halogens is 2. The van der Waals surface area contributed by atoms with Gasteiger partial charge in [-0.3, -0.25) is 4.79 Å². The van der Waals surface area contributed by atoms with Crippen LogP contribution in [-0.4, -0.2) is 25.0 Å². The summed E-state index contributed by atoms with van der Waals surface area (Å²) in [6, 6.07) is 8.88. The van der Waals surface area contributed by atoms with Crippen LogP contribution in [0.5, 0.6) is 11.5 Å². The standard InChI is InChI=1S/C19H15F2NO3/c1-10(23)13-9-18(11-6-15(20)19(25-3)16(21)7-11)22-17-5-4-12(24-2)8-14(13)17/h4-9H,1-3H3. The van der Waals surface area contributed by atoms with Gasteiger partial charge in [0.2, 0.25) is 0 Å². The Morgan fingerprint density at radius 1 is 1.00 bits per heavy atom. The van der Waals surface area contributed by atoms with Gasteiger partial charge in [-0.15, -0.1) is 0 Å². The predicted molar refractivity (Wildman–Crippen MR) is 90.2 cm³/mol. The first-order valence-corrected chi connectivity index (χ1v) is 7.47. The Balaban J connectivity index is 2.26. The number of nitrogens with zero attached hydrogens (tertiary/aromatic N) is 1. The fraction of sp³-hybridized carbons (Fsp3) is 0.158. The van der Waals surface area contributed by atoms with Crippen LogP contribution in [0.4, 0.5) is 8.78 Å². The molecule has 0 N–H and O–H groups in total. The van der Waals surface area contributed by atoms with Crippen LogP contribution in [-0.2, 0) is 0 Å². The molecule has 0 unspecified atom stereocenters. The van der Waals surface area contributed by atoms with Gasteiger partial charge in [-0.05, 0) is 43.3 Å². The number of rotatable bonds is 4. The zero-order valence-electron chi connectivity index (χ0n) is 13.9. The molecule has 0 radical (unpaired) electrons. The lowest BCUT2D eigenvalue weighted by molar-refractivity contribution is 0.101. The van der Waals surface area contributed by atoms with Crippen molar-refractivity contribution in [3.63, 3.8) is 0 Å². The molecular weight excluding hydrogens is 328 g/mol. The number of fused-ring (bicyclic) bond motifs is 1. The third-order valence-electron chi connectivity index (χ3n) is 3.89. The van der Waals surface area contributed by atoms with Crippen LogP contribution in [0.15, 0.2) is 36.4 Å². The smallest absolute Gasteiger partial charge is 0.190 e. The summed E-state index contributed by atoms with van der Waals surface area (Å²) in [6.45, 7) is 1.42. The van der Waals surface area contributed by atoms with Gasteiger partial charge in [-0.1, -0.05) is 0 Å². The van der Waals surface area contributed by atoms with Gasteiger partial charge in [0.25, 0.3) is 0 Å². The first-order chi connectivity index (χ1) is 11.9. The van der Waals surface area contributed by atoms with E-state index in [4.69, 9.17) is 4.74 Å². The fourth-order valence-electron chi connectivity index (χ4n) is 2.67. The highest BCUT2D eigenvalue weighted by atomic mass is 19.1. The zero-order valence-corrected chi connectivity index (χ0v) is 13.9. The number of pyridine rings is 1. The van der Waals surface area contributed by atoms with E-state index in [9.17, 15) is 13.6 Å². The van der Waals surface area contributed by atoms with Crippen molar-refractivity contribution in [1.29, 1.82) is 0 Å². The van der Waals surface area contributed by atoms with E-state index in [1.807, 2.05) is 0 Å². The van der Waals surface area contributed by atoms with Crippen LogP contribution in [0, 0.1) is 11.6 Å². The quantitative estimate of drug-likeness (QED) is 0.659. The Morgan fingerprint density at radius 2 is 1.68 bits per heavy atom. The number of benzene rings is 2. The number of hydrogen-bond donors (Lipinski definition) is 0. The van der Waals surface area contributed by atoms with Gasteiger partial charge in [-0.2, -0.15) is 0 Å². The Bertz CT molecular complexity index is 963. The molecule has 0 bridgehead atoms. The summed E-state index contributed by atoms with van der Waals surface area (Å²) in [5, 5.41) is 0.616. The molecule has 25 heavy (non-hydrogen) atoms. The molecule has 0 saturated heterocycles. The maximum Gasteiger partial charge on any atom is 0.190 e. The first-order valence-electron chi connectivity index (χ1n) is 7.47. The van der Waals surface area contributed by atoms with E-state index >= 15 is 0 Å². The van der Waals surface area contributed by atoms with Crippen LogP contribution in [0.1, 0.15) is 17.3 Å². The predicted octanol–water partition coefficient (Wildman–Crippen LogP) is 4.40. The van der Waals surface area contributed by atoms with Gasteiger partial charge in [0, 0.05) is 16.5 Å². The van der Waals surface area contributed by atoms with Crippen molar-refractivity contribution >= 4 is 16.7 Å². The SMILES string of the molecule is COc1ccc2nc(-c3cc(F)c(OC)c(F)c3)cc(C(C)=O)c2c1. The van der Waals surface area contributed by atoms with E-state index in [1.54, 1.807) is 18.2 Å². The van der Waals surface area contributed by atoms with E-state index < -0.39 is 17.4 Å². The number of carbonyl (C=O) groups is 1. The molecule has 0 saturated carbocycles. The summed E-state index contributed by atoms with van der Waals surface area (Å²) >= 11 is 0. The minimum absolute atomic E-state index is 0.184. The molecule has 0 fully saturated rings. The van der Waals surface area contributed by atoms with Gasteiger partial charge >= 0.3 is 0 Å². The molecule has 4 nitrogen and oxygen atoms in total. The molecule has 0 atom stereocenters. The van der Waals surface area contributed by atoms with Crippen molar-refractivity contribution in [3.8, 4) is 22.8 Å². The fourth-order valence-corrected chi connectivity index (χ4v) is 2.67. The van der Waals surface area contributed by atoms with Crippen LogP contribution >= 0.6 is 0 Å². The molecule has 3 aromatic rings. The maximum atomic E-state index is 14.0. The highest BCUT2D eigenvalue weighted by molar-refractivity contribution is 6.07. The number of ketones is 1. The molecule has 128 valence electrons. The molecule has 0 aliphatic rings. The van der Waals surface area contributed by atoms with Gasteiger partial charge in [0.15, 0.2) is 23.2 Å². The topological polar surface area (TPSA) is 48.4 Å². The molecule has 3 rings (SSSR count). The van der Waals surface area contributed by atoms with Crippen molar-refractivity contribution in [2.75, 3.05) is 14.2 Å². The van der Waals surface area contributed by atoms with Crippen LogP contribution in [0.2, 0.25) is 0 Å². The number of aromatic nitrogens is 1. The molecule has 0 amide bonds. The minimum atomic E-state index is -0.835. The summed E-state index contributed by atoms with van der Waals surface area (Å²) in [4.78, 5) is 16.5. The molecule has 0 spiro atoms. The van der Waals surface area contributed by atoms with Gasteiger partial charge in [0.05, 0.1) is 25.4 Å². The summed E-state index contributed by atoms with van der Waals surface area (Å²) < 4.78 is 37.8. The maximum absolute atomic E-state index is 14.0. The molecule has 1 heterocycles. The number of hydrogen-bond acceptors (Lipinski definition) is 4. The van der Waals surface area contributed by atoms with Crippen molar-refractivity contribution in [1.82, 2.24) is 4.98 Å². The molecule has 6 heteroatoms. The Morgan fingerprint density at radius 3 is 2.24 bits per heavy atom. The second-order valence-corrected chi connectivity index (χ2v) is 5.47. The van der Waals surface area contributed by atoms with Crippen molar-refractivity contribution in [2.45, 2.75) is 6.92 Å². The van der Waals surface area contributed by atoms with Gasteiger partial charge in [0.1, 0.15) is 5.75 Å². The zero-order chi connectivity index (χ0) is 18.1. The van der Waals surface area contributed by atoms with Gasteiger partial charge < -0.3 is 9.47 Å². The molecule has 2 aromatic carbocycles. The summed E-state index contributed by atoms with van der Waals surface area (Å²) in [5.74, 6) is -1.72. The molecule has 0 aliphatic carbocycles. The third-order valence-corrected chi connectivity index (χ3v) is 3.89. The first kappa shape index (κ1) is 16.8. The van der Waals surface area contributed by atoms with E-state index in [0.29, 0.717) is 27.9 Å². The highest BCUT2D eigenvalue weighted by Crippen LogP contribution is 2.31. The number of Topliss-reactive ketones (excluding diaryl/α,β-unsaturated/α-hetero) is 1. The third kappa shape index (κ3) is 3.03. The molecular formula is C19H15F2NO3. The number of ether oxygens (including phenoxy) is 2. The largest absolute Gasteiger partial charge is 0.497 e. The second-order valence-electron chi connectivity index (χ2n) is 5.47. The monoisotopic (exact) mass is 343 g/mol. The number of carbonyl (C=O) groups excluding carboxylic acids is 1. The Kier molecular flexibility index (Phi) is 4.35. The average molecular weight is 343 g/mol. The van der Waals surface area contributed by atoms with Gasteiger partial charge in [-0.25, -0.2) is 13.8 Å². The lowest BCUT2D eigenvalue weighted by Crippen LogP contribution is -1.99. The lowest BCUT2D eigenvalue weighted by Gasteiger charge is -2.11.